The van der Waals surface area contributed by atoms with Crippen LogP contribution in [0.25, 0.3) is 10.9 Å². The van der Waals surface area contributed by atoms with E-state index in [1.807, 2.05) is 6.07 Å². The third-order valence-corrected chi connectivity index (χ3v) is 2.86. The first kappa shape index (κ1) is 12.4. The van der Waals surface area contributed by atoms with Crippen LogP contribution in [0.5, 0.6) is 0 Å². The van der Waals surface area contributed by atoms with Crippen LogP contribution in [0.15, 0.2) is 43.1 Å². The molecule has 92 valence electrons. The van der Waals surface area contributed by atoms with Crippen LogP contribution in [0.4, 0.5) is 5.69 Å². The lowest BCUT2D eigenvalue weighted by Gasteiger charge is -2.13. The highest BCUT2D eigenvalue weighted by Crippen LogP contribution is 2.28. The predicted octanol–water partition coefficient (Wildman–Crippen LogP) is 2.94. The maximum atomic E-state index is 11.0. The standard InChI is InChI=1S/C13H11ClN2O2/c1-2-10(13(17)18)16-11-6-5-9(14)8-4-3-7-15-12(8)11/h2-7,10,16H,1H2,(H,17,18). The van der Waals surface area contributed by atoms with Crippen LogP contribution in [0.3, 0.4) is 0 Å². The van der Waals surface area contributed by atoms with Crippen molar-refractivity contribution in [1.29, 1.82) is 0 Å². The molecule has 18 heavy (non-hydrogen) atoms. The van der Waals surface area contributed by atoms with Gasteiger partial charge in [-0.25, -0.2) is 4.79 Å². The third kappa shape index (κ3) is 2.28. The minimum atomic E-state index is -0.996. The second kappa shape index (κ2) is 5.06. The average molecular weight is 263 g/mol. The smallest absolute Gasteiger partial charge is 0.330 e. The summed E-state index contributed by atoms with van der Waals surface area (Å²) < 4.78 is 0. The van der Waals surface area contributed by atoms with Crippen LogP contribution in [0, 0.1) is 0 Å². The normalized spacial score (nSPS) is 12.1. The molecule has 1 heterocycles. The second-order valence-corrected chi connectivity index (χ2v) is 4.10. The summed E-state index contributed by atoms with van der Waals surface area (Å²) in [5, 5.41) is 13.2. The second-order valence-electron chi connectivity index (χ2n) is 3.69. The Morgan fingerprint density at radius 3 is 2.94 bits per heavy atom. The van der Waals surface area contributed by atoms with Crippen molar-refractivity contribution in [2.24, 2.45) is 0 Å². The Labute approximate surface area is 109 Å². The van der Waals surface area contributed by atoms with Gasteiger partial charge in [0.1, 0.15) is 6.04 Å². The van der Waals surface area contributed by atoms with Crippen molar-refractivity contribution in [3.05, 3.63) is 48.1 Å². The number of rotatable bonds is 4. The minimum absolute atomic E-state index is 0.578. The average Bonchev–Trinajstić information content (AvgIpc) is 2.38. The van der Waals surface area contributed by atoms with Gasteiger partial charge in [0.15, 0.2) is 0 Å². The number of carboxylic acids is 1. The van der Waals surface area contributed by atoms with Crippen LogP contribution in [-0.4, -0.2) is 22.1 Å². The Morgan fingerprint density at radius 1 is 1.50 bits per heavy atom. The van der Waals surface area contributed by atoms with Gasteiger partial charge < -0.3 is 10.4 Å². The van der Waals surface area contributed by atoms with E-state index in [0.717, 1.165) is 5.39 Å². The number of halogens is 1. The van der Waals surface area contributed by atoms with E-state index in [2.05, 4.69) is 16.9 Å². The Bertz CT molecular complexity index is 613. The van der Waals surface area contributed by atoms with Gasteiger partial charge in [-0.2, -0.15) is 0 Å². The Kier molecular flexibility index (Phi) is 3.48. The van der Waals surface area contributed by atoms with E-state index in [1.165, 1.54) is 6.08 Å². The molecule has 0 radical (unpaired) electrons. The van der Waals surface area contributed by atoms with Crippen molar-refractivity contribution in [3.8, 4) is 0 Å². The fraction of sp³-hybridized carbons (Fsp3) is 0.0769. The molecule has 4 nitrogen and oxygen atoms in total. The molecule has 0 bridgehead atoms. The third-order valence-electron chi connectivity index (χ3n) is 2.53. The number of nitrogens with one attached hydrogen (secondary N) is 1. The number of carbonyl (C=O) groups is 1. The zero-order chi connectivity index (χ0) is 13.1. The number of carboxylic acid groups (broad SMARTS) is 1. The number of fused-ring (bicyclic) bond motifs is 1. The van der Waals surface area contributed by atoms with Crippen molar-refractivity contribution in [2.75, 3.05) is 5.32 Å². The summed E-state index contributed by atoms with van der Waals surface area (Å²) in [6.45, 7) is 3.49. The first-order valence-electron chi connectivity index (χ1n) is 5.28. The molecule has 2 aromatic rings. The molecule has 0 aliphatic heterocycles. The molecule has 1 unspecified atom stereocenters. The predicted molar refractivity (Wildman–Crippen MR) is 72.0 cm³/mol. The van der Waals surface area contributed by atoms with Crippen LogP contribution < -0.4 is 5.32 Å². The SMILES string of the molecule is C=CC(Nc1ccc(Cl)c2cccnc12)C(=O)O. The lowest BCUT2D eigenvalue weighted by atomic mass is 10.1. The van der Waals surface area contributed by atoms with Gasteiger partial charge in [-0.1, -0.05) is 17.7 Å². The minimum Gasteiger partial charge on any atom is -0.479 e. The van der Waals surface area contributed by atoms with Crippen molar-refractivity contribution in [1.82, 2.24) is 4.98 Å². The van der Waals surface area contributed by atoms with Gasteiger partial charge in [0, 0.05) is 11.6 Å². The molecule has 1 atom stereocenters. The highest BCUT2D eigenvalue weighted by molar-refractivity contribution is 6.35. The zero-order valence-corrected chi connectivity index (χ0v) is 10.2. The van der Waals surface area contributed by atoms with Crippen LogP contribution in [0.2, 0.25) is 5.02 Å². The molecule has 1 aromatic heterocycles. The van der Waals surface area contributed by atoms with E-state index in [9.17, 15) is 4.79 Å². The summed E-state index contributed by atoms with van der Waals surface area (Å²) in [6.07, 6.45) is 2.96. The molecular weight excluding hydrogens is 252 g/mol. The number of aromatic nitrogens is 1. The number of hydrogen-bond donors (Lipinski definition) is 2. The maximum Gasteiger partial charge on any atom is 0.330 e. The van der Waals surface area contributed by atoms with E-state index >= 15 is 0 Å². The fourth-order valence-electron chi connectivity index (χ4n) is 1.64. The van der Waals surface area contributed by atoms with Crippen LogP contribution in [0.1, 0.15) is 0 Å². The monoisotopic (exact) mass is 262 g/mol. The highest BCUT2D eigenvalue weighted by Gasteiger charge is 2.14. The van der Waals surface area contributed by atoms with Gasteiger partial charge in [0.05, 0.1) is 16.2 Å². The molecule has 0 aliphatic carbocycles. The lowest BCUT2D eigenvalue weighted by molar-refractivity contribution is -0.136. The molecule has 2 N–H and O–H groups in total. The molecule has 0 fully saturated rings. The number of pyridine rings is 1. The van der Waals surface area contributed by atoms with Crippen LogP contribution in [-0.2, 0) is 4.79 Å². The summed E-state index contributed by atoms with van der Waals surface area (Å²) >= 11 is 6.06. The Balaban J connectivity index is 2.49. The van der Waals surface area contributed by atoms with E-state index in [4.69, 9.17) is 16.7 Å². The number of nitrogens with zero attached hydrogens (tertiary/aromatic N) is 1. The molecule has 1 aromatic carbocycles. The number of aliphatic carboxylic acids is 1. The number of benzene rings is 1. The fourth-order valence-corrected chi connectivity index (χ4v) is 1.86. The first-order valence-corrected chi connectivity index (χ1v) is 5.66. The molecule has 5 heteroatoms. The molecule has 2 rings (SSSR count). The van der Waals surface area contributed by atoms with Crippen molar-refractivity contribution < 1.29 is 9.90 Å². The van der Waals surface area contributed by atoms with Gasteiger partial charge in [-0.15, -0.1) is 6.58 Å². The summed E-state index contributed by atoms with van der Waals surface area (Å²) in [7, 11) is 0. The Morgan fingerprint density at radius 2 is 2.28 bits per heavy atom. The van der Waals surface area contributed by atoms with Crippen molar-refractivity contribution >= 4 is 34.2 Å². The van der Waals surface area contributed by atoms with Crippen molar-refractivity contribution in [2.45, 2.75) is 6.04 Å². The molecule has 0 amide bonds. The topological polar surface area (TPSA) is 62.2 Å². The zero-order valence-electron chi connectivity index (χ0n) is 9.43. The largest absolute Gasteiger partial charge is 0.479 e. The van der Waals surface area contributed by atoms with E-state index in [-0.39, 0.29) is 0 Å². The van der Waals surface area contributed by atoms with Crippen LogP contribution >= 0.6 is 11.6 Å². The number of hydrogen-bond acceptors (Lipinski definition) is 3. The Hall–Kier alpha value is -2.07. The maximum absolute atomic E-state index is 11.0. The van der Waals surface area contributed by atoms with E-state index < -0.39 is 12.0 Å². The van der Waals surface area contributed by atoms with Gasteiger partial charge in [-0.05, 0) is 24.3 Å². The summed E-state index contributed by atoms with van der Waals surface area (Å²) in [5.41, 5.74) is 1.25. The van der Waals surface area contributed by atoms with Gasteiger partial charge in [0.25, 0.3) is 0 Å². The van der Waals surface area contributed by atoms with Gasteiger partial charge >= 0.3 is 5.97 Å². The van der Waals surface area contributed by atoms with E-state index in [1.54, 1.807) is 24.4 Å². The summed E-state index contributed by atoms with van der Waals surface area (Å²) in [6, 6.07) is 6.16. The summed E-state index contributed by atoms with van der Waals surface area (Å²) in [5.74, 6) is -0.996. The van der Waals surface area contributed by atoms with Crippen molar-refractivity contribution in [3.63, 3.8) is 0 Å². The highest BCUT2D eigenvalue weighted by atomic mass is 35.5. The quantitative estimate of drug-likeness (QED) is 0.832. The molecule has 0 aliphatic rings. The summed E-state index contributed by atoms with van der Waals surface area (Å²) in [4.78, 5) is 15.2. The van der Waals surface area contributed by atoms with Gasteiger partial charge in [0.2, 0.25) is 0 Å². The molecule has 0 saturated heterocycles. The lowest BCUT2D eigenvalue weighted by Crippen LogP contribution is -2.26. The van der Waals surface area contributed by atoms with Gasteiger partial charge in [-0.3, -0.25) is 4.98 Å². The molecular formula is C13H11ClN2O2. The molecule has 0 spiro atoms. The first-order chi connectivity index (χ1) is 8.63. The molecule has 0 saturated carbocycles. The van der Waals surface area contributed by atoms with E-state index in [0.29, 0.717) is 16.2 Å². The number of anilines is 1.